The zero-order valence-corrected chi connectivity index (χ0v) is 21.8. The average molecular weight is 544 g/mol. The third kappa shape index (κ3) is 6.24. The highest BCUT2D eigenvalue weighted by atomic mass is 32.2. The number of nitrogens with zero attached hydrogens (tertiary/aromatic N) is 2. The molecule has 0 radical (unpaired) electrons. The van der Waals surface area contributed by atoms with Gasteiger partial charge in [0.25, 0.3) is 15.9 Å². The number of benzene rings is 3. The number of aryl methyl sites for hydroxylation is 1. The SMILES string of the molecule is Cc1ccc(S(=O)(=O)NC(=O)c2nccnc2-c2ccc(C(Cc3ccccc3)OC3=COCO3)cc2)cc1. The van der Waals surface area contributed by atoms with E-state index in [2.05, 4.69) is 14.7 Å². The van der Waals surface area contributed by atoms with E-state index in [1.165, 1.54) is 30.8 Å². The summed E-state index contributed by atoms with van der Waals surface area (Å²) in [5, 5.41) is 0. The Balaban J connectivity index is 1.39. The minimum Gasteiger partial charge on any atom is -0.458 e. The second kappa shape index (κ2) is 11.4. The van der Waals surface area contributed by atoms with Gasteiger partial charge in [0.2, 0.25) is 6.79 Å². The van der Waals surface area contributed by atoms with Crippen LogP contribution >= 0.6 is 0 Å². The molecule has 0 aliphatic carbocycles. The maximum absolute atomic E-state index is 13.0. The minimum atomic E-state index is -4.09. The van der Waals surface area contributed by atoms with Crippen molar-refractivity contribution in [1.29, 1.82) is 0 Å². The zero-order chi connectivity index (χ0) is 27.2. The van der Waals surface area contributed by atoms with Gasteiger partial charge in [0, 0.05) is 24.4 Å². The smallest absolute Gasteiger partial charge is 0.319 e. The maximum Gasteiger partial charge on any atom is 0.319 e. The van der Waals surface area contributed by atoms with Crippen molar-refractivity contribution in [1.82, 2.24) is 14.7 Å². The molecule has 2 heterocycles. The molecule has 0 bridgehead atoms. The number of hydrogen-bond donors (Lipinski definition) is 1. The minimum absolute atomic E-state index is 0.0209. The highest BCUT2D eigenvalue weighted by Gasteiger charge is 2.24. The van der Waals surface area contributed by atoms with Crippen LogP contribution in [0.1, 0.15) is 33.3 Å². The second-order valence-corrected chi connectivity index (χ2v) is 10.5. The van der Waals surface area contributed by atoms with Gasteiger partial charge in [-0.3, -0.25) is 9.78 Å². The van der Waals surface area contributed by atoms with Crippen molar-refractivity contribution in [2.45, 2.75) is 24.3 Å². The summed E-state index contributed by atoms with van der Waals surface area (Å²) < 4.78 is 44.2. The van der Waals surface area contributed by atoms with Gasteiger partial charge in [0.15, 0.2) is 12.0 Å². The van der Waals surface area contributed by atoms with Gasteiger partial charge in [0.05, 0.1) is 4.90 Å². The average Bonchev–Trinajstić information content (AvgIpc) is 3.47. The van der Waals surface area contributed by atoms with Crippen molar-refractivity contribution in [2.75, 3.05) is 6.79 Å². The van der Waals surface area contributed by atoms with Crippen LogP contribution in [0.4, 0.5) is 0 Å². The molecule has 10 heteroatoms. The third-order valence-corrected chi connectivity index (χ3v) is 7.35. The van der Waals surface area contributed by atoms with Crippen LogP contribution in [0.3, 0.4) is 0 Å². The Labute approximate surface area is 226 Å². The summed E-state index contributed by atoms with van der Waals surface area (Å²) in [4.78, 5) is 21.4. The Kier molecular flexibility index (Phi) is 7.55. The molecule has 1 aliphatic rings. The van der Waals surface area contributed by atoms with E-state index in [0.29, 0.717) is 17.9 Å². The molecule has 1 unspecified atom stereocenters. The van der Waals surface area contributed by atoms with E-state index in [9.17, 15) is 13.2 Å². The van der Waals surface area contributed by atoms with Gasteiger partial charge in [-0.05, 0) is 30.2 Å². The predicted molar refractivity (Wildman–Crippen MR) is 142 cm³/mol. The van der Waals surface area contributed by atoms with E-state index in [1.54, 1.807) is 24.3 Å². The Bertz CT molecular complexity index is 1590. The van der Waals surface area contributed by atoms with Crippen LogP contribution in [-0.2, 0) is 30.7 Å². The monoisotopic (exact) mass is 543 g/mol. The first-order valence-corrected chi connectivity index (χ1v) is 13.6. The molecular weight excluding hydrogens is 518 g/mol. The fraction of sp³-hybridized carbons (Fsp3) is 0.138. The number of carbonyl (C=O) groups excluding carboxylic acids is 1. The van der Waals surface area contributed by atoms with Crippen LogP contribution in [-0.4, -0.2) is 31.1 Å². The summed E-state index contributed by atoms with van der Waals surface area (Å²) in [7, 11) is -4.09. The molecule has 1 atom stereocenters. The molecule has 39 heavy (non-hydrogen) atoms. The molecule has 0 spiro atoms. The molecular formula is C29H25N3O6S. The highest BCUT2D eigenvalue weighted by molar-refractivity contribution is 7.90. The summed E-state index contributed by atoms with van der Waals surface area (Å²) in [6, 6.07) is 23.4. The molecule has 3 aromatic carbocycles. The third-order valence-electron chi connectivity index (χ3n) is 6.00. The standard InChI is InChI=1S/C29H25N3O6S/c1-20-7-13-24(14-8-20)39(34,35)32-29(33)28-27(30-15-16-31-28)23-11-9-22(10-12-23)25(38-26-18-36-19-37-26)17-21-5-3-2-4-6-21/h2-16,18,25H,17,19H2,1H3,(H,32,33). The Hall–Kier alpha value is -4.70. The number of rotatable bonds is 9. The van der Waals surface area contributed by atoms with E-state index < -0.39 is 15.9 Å². The van der Waals surface area contributed by atoms with Gasteiger partial charge in [0.1, 0.15) is 11.8 Å². The lowest BCUT2D eigenvalue weighted by Crippen LogP contribution is -2.31. The molecule has 0 saturated heterocycles. The fourth-order valence-electron chi connectivity index (χ4n) is 4.00. The van der Waals surface area contributed by atoms with Crippen LogP contribution in [0.5, 0.6) is 0 Å². The molecule has 0 fully saturated rings. The second-order valence-electron chi connectivity index (χ2n) is 8.79. The van der Waals surface area contributed by atoms with Crippen LogP contribution in [0.15, 0.2) is 108 Å². The predicted octanol–water partition coefficient (Wildman–Crippen LogP) is 4.67. The summed E-state index contributed by atoms with van der Waals surface area (Å²) in [6.07, 6.45) is 4.42. The number of amides is 1. The first kappa shape index (κ1) is 25.9. The van der Waals surface area contributed by atoms with Crippen molar-refractivity contribution < 1.29 is 27.4 Å². The molecule has 5 rings (SSSR count). The van der Waals surface area contributed by atoms with Crippen molar-refractivity contribution >= 4 is 15.9 Å². The first-order valence-electron chi connectivity index (χ1n) is 12.1. The van der Waals surface area contributed by atoms with E-state index in [4.69, 9.17) is 14.2 Å². The first-order chi connectivity index (χ1) is 18.9. The summed E-state index contributed by atoms with van der Waals surface area (Å²) in [6.45, 7) is 1.94. The van der Waals surface area contributed by atoms with Crippen LogP contribution in [0.25, 0.3) is 11.3 Å². The van der Waals surface area contributed by atoms with Crippen molar-refractivity contribution in [3.05, 3.63) is 126 Å². The topological polar surface area (TPSA) is 117 Å². The van der Waals surface area contributed by atoms with Gasteiger partial charge in [-0.2, -0.15) is 0 Å². The molecule has 9 nitrogen and oxygen atoms in total. The lowest BCUT2D eigenvalue weighted by molar-refractivity contribution is -0.0219. The van der Waals surface area contributed by atoms with Gasteiger partial charge < -0.3 is 14.2 Å². The highest BCUT2D eigenvalue weighted by Crippen LogP contribution is 2.29. The number of carbonyl (C=O) groups is 1. The number of sulfonamides is 1. The van der Waals surface area contributed by atoms with E-state index in [-0.39, 0.29) is 29.2 Å². The van der Waals surface area contributed by atoms with Gasteiger partial charge in [-0.15, -0.1) is 0 Å². The number of ether oxygens (including phenoxy) is 3. The van der Waals surface area contributed by atoms with Crippen molar-refractivity contribution in [2.24, 2.45) is 0 Å². The fourth-order valence-corrected chi connectivity index (χ4v) is 4.96. The summed E-state index contributed by atoms with van der Waals surface area (Å²) >= 11 is 0. The normalized spacial score (nSPS) is 13.5. The molecule has 1 aromatic heterocycles. The van der Waals surface area contributed by atoms with Gasteiger partial charge >= 0.3 is 5.95 Å². The molecule has 4 aromatic rings. The molecule has 0 saturated carbocycles. The molecule has 1 amide bonds. The van der Waals surface area contributed by atoms with E-state index in [1.807, 2.05) is 49.4 Å². The maximum atomic E-state index is 13.0. The van der Waals surface area contributed by atoms with Crippen LogP contribution < -0.4 is 4.72 Å². The van der Waals surface area contributed by atoms with Gasteiger partial charge in [-0.25, -0.2) is 18.1 Å². The van der Waals surface area contributed by atoms with Crippen LogP contribution in [0, 0.1) is 6.92 Å². The number of aromatic nitrogens is 2. The quantitative estimate of drug-likeness (QED) is 0.324. The lowest BCUT2D eigenvalue weighted by atomic mass is 9.99. The number of hydrogen-bond acceptors (Lipinski definition) is 8. The Morgan fingerprint density at radius 3 is 2.38 bits per heavy atom. The molecule has 1 aliphatic heterocycles. The largest absolute Gasteiger partial charge is 0.458 e. The lowest BCUT2D eigenvalue weighted by Gasteiger charge is -2.19. The van der Waals surface area contributed by atoms with E-state index >= 15 is 0 Å². The van der Waals surface area contributed by atoms with Crippen LogP contribution in [0.2, 0.25) is 0 Å². The number of nitrogens with one attached hydrogen (secondary N) is 1. The summed E-state index contributed by atoms with van der Waals surface area (Å²) in [5.41, 5.74) is 3.56. The zero-order valence-electron chi connectivity index (χ0n) is 21.0. The summed E-state index contributed by atoms with van der Waals surface area (Å²) in [5.74, 6) is -0.582. The Morgan fingerprint density at radius 2 is 1.69 bits per heavy atom. The molecule has 1 N–H and O–H groups in total. The molecule has 198 valence electrons. The van der Waals surface area contributed by atoms with Crippen molar-refractivity contribution in [3.8, 4) is 11.3 Å². The van der Waals surface area contributed by atoms with E-state index in [0.717, 1.165) is 16.7 Å². The Morgan fingerprint density at radius 1 is 0.974 bits per heavy atom. The van der Waals surface area contributed by atoms with Gasteiger partial charge in [-0.1, -0.05) is 72.3 Å². The van der Waals surface area contributed by atoms with Crippen molar-refractivity contribution in [3.63, 3.8) is 0 Å².